The largest absolute Gasteiger partial charge is 0.352 e. The molecule has 0 bridgehead atoms. The summed E-state index contributed by atoms with van der Waals surface area (Å²) in [5.74, 6) is 0.911. The first kappa shape index (κ1) is 13.7. The molecule has 3 nitrogen and oxygen atoms in total. The van der Waals surface area contributed by atoms with Crippen molar-refractivity contribution in [2.24, 2.45) is 5.92 Å². The van der Waals surface area contributed by atoms with Crippen LogP contribution in [0.4, 0.5) is 0 Å². The van der Waals surface area contributed by atoms with Gasteiger partial charge in [-0.3, -0.25) is 9.00 Å². The Morgan fingerprint density at radius 1 is 1.31 bits per heavy atom. The Kier molecular flexibility index (Phi) is 6.03. The molecule has 0 aromatic rings. The van der Waals surface area contributed by atoms with Gasteiger partial charge in [0.25, 0.3) is 0 Å². The van der Waals surface area contributed by atoms with Crippen LogP contribution in [0.15, 0.2) is 0 Å². The molecule has 2 atom stereocenters. The van der Waals surface area contributed by atoms with Crippen LogP contribution in [0.5, 0.6) is 0 Å². The van der Waals surface area contributed by atoms with Gasteiger partial charge in [-0.2, -0.15) is 0 Å². The number of amides is 1. The second-order valence-corrected chi connectivity index (χ2v) is 6.32. The Bertz CT molecular complexity index is 247. The molecule has 0 aromatic carbocycles. The topological polar surface area (TPSA) is 46.2 Å². The molecule has 4 heteroatoms. The molecule has 94 valence electrons. The van der Waals surface area contributed by atoms with Crippen molar-refractivity contribution >= 4 is 16.7 Å². The van der Waals surface area contributed by atoms with E-state index in [0.717, 1.165) is 12.8 Å². The van der Waals surface area contributed by atoms with E-state index in [2.05, 4.69) is 5.32 Å². The molecule has 1 saturated carbocycles. The van der Waals surface area contributed by atoms with Crippen molar-refractivity contribution in [3.8, 4) is 0 Å². The van der Waals surface area contributed by atoms with Crippen molar-refractivity contribution in [1.29, 1.82) is 0 Å². The van der Waals surface area contributed by atoms with E-state index < -0.39 is 10.8 Å². The average molecular weight is 245 g/mol. The summed E-state index contributed by atoms with van der Waals surface area (Å²) in [5.41, 5.74) is 0. The number of rotatable bonds is 4. The molecule has 1 aliphatic rings. The second kappa shape index (κ2) is 7.05. The minimum absolute atomic E-state index is 0.0292. The zero-order valence-electron chi connectivity index (χ0n) is 10.3. The number of carbonyl (C=O) groups excluding carboxylic acids is 1. The molecule has 1 N–H and O–H groups in total. The number of hydrogen-bond donors (Lipinski definition) is 1. The molecule has 0 aliphatic heterocycles. The van der Waals surface area contributed by atoms with E-state index in [4.69, 9.17) is 0 Å². The molecule has 16 heavy (non-hydrogen) atoms. The smallest absolute Gasteiger partial charge is 0.223 e. The summed E-state index contributed by atoms with van der Waals surface area (Å²) >= 11 is 0. The SMILES string of the molecule is C[C@@H](C[S@](C)=O)NC(=O)C1CCCCCC1. The molecule has 0 saturated heterocycles. The number of hydrogen-bond acceptors (Lipinski definition) is 2. The lowest BCUT2D eigenvalue weighted by molar-refractivity contribution is -0.125. The lowest BCUT2D eigenvalue weighted by Gasteiger charge is -2.18. The number of nitrogens with one attached hydrogen (secondary N) is 1. The van der Waals surface area contributed by atoms with Crippen molar-refractivity contribution < 1.29 is 9.00 Å². The molecule has 0 radical (unpaired) electrons. The first-order chi connectivity index (χ1) is 7.59. The van der Waals surface area contributed by atoms with Crippen LogP contribution in [0.2, 0.25) is 0 Å². The molecule has 0 unspecified atom stereocenters. The van der Waals surface area contributed by atoms with Gasteiger partial charge in [0.2, 0.25) is 5.91 Å². The summed E-state index contributed by atoms with van der Waals surface area (Å²) in [5, 5.41) is 2.98. The van der Waals surface area contributed by atoms with Crippen molar-refractivity contribution in [2.45, 2.75) is 51.5 Å². The maximum absolute atomic E-state index is 11.9. The molecular weight excluding hydrogens is 222 g/mol. The molecular formula is C12H23NO2S. The lowest BCUT2D eigenvalue weighted by atomic mass is 9.99. The maximum atomic E-state index is 11.9. The highest BCUT2D eigenvalue weighted by molar-refractivity contribution is 7.84. The van der Waals surface area contributed by atoms with Crippen molar-refractivity contribution in [3.05, 3.63) is 0 Å². The second-order valence-electron chi connectivity index (χ2n) is 4.84. The minimum atomic E-state index is -0.835. The molecule has 1 aliphatic carbocycles. The normalized spacial score (nSPS) is 22.1. The van der Waals surface area contributed by atoms with Gasteiger partial charge in [0, 0.05) is 34.8 Å². The maximum Gasteiger partial charge on any atom is 0.223 e. The van der Waals surface area contributed by atoms with E-state index >= 15 is 0 Å². The quantitative estimate of drug-likeness (QED) is 0.768. The molecule has 0 spiro atoms. The fourth-order valence-electron chi connectivity index (χ4n) is 2.30. The van der Waals surface area contributed by atoms with E-state index in [1.54, 1.807) is 6.26 Å². The van der Waals surface area contributed by atoms with E-state index in [1.165, 1.54) is 25.7 Å². The van der Waals surface area contributed by atoms with Crippen LogP contribution in [0, 0.1) is 5.92 Å². The number of carbonyl (C=O) groups is 1. The fraction of sp³-hybridized carbons (Fsp3) is 0.917. The van der Waals surface area contributed by atoms with Crippen LogP contribution in [0.25, 0.3) is 0 Å². The Morgan fingerprint density at radius 3 is 2.38 bits per heavy atom. The Balaban J connectivity index is 2.34. The van der Waals surface area contributed by atoms with Gasteiger partial charge in [-0.05, 0) is 19.8 Å². The van der Waals surface area contributed by atoms with Gasteiger partial charge in [0.15, 0.2) is 0 Å². The van der Waals surface area contributed by atoms with Crippen molar-refractivity contribution in [2.75, 3.05) is 12.0 Å². The van der Waals surface area contributed by atoms with Gasteiger partial charge < -0.3 is 5.32 Å². The van der Waals surface area contributed by atoms with Crippen LogP contribution in [-0.4, -0.2) is 28.2 Å². The predicted octanol–water partition coefficient (Wildman–Crippen LogP) is 1.84. The summed E-state index contributed by atoms with van der Waals surface area (Å²) in [4.78, 5) is 11.9. The third-order valence-electron chi connectivity index (χ3n) is 3.10. The van der Waals surface area contributed by atoms with Gasteiger partial charge in [-0.1, -0.05) is 25.7 Å². The van der Waals surface area contributed by atoms with Crippen molar-refractivity contribution in [3.63, 3.8) is 0 Å². The predicted molar refractivity (Wildman–Crippen MR) is 67.7 cm³/mol. The zero-order chi connectivity index (χ0) is 12.0. The fourth-order valence-corrected chi connectivity index (χ4v) is 3.08. The standard InChI is InChI=1S/C12H23NO2S/c1-10(9-16(2)15)13-12(14)11-7-5-3-4-6-8-11/h10-11H,3-9H2,1-2H3,(H,13,14)/t10-,16-/m0/s1. The van der Waals surface area contributed by atoms with Crippen LogP contribution in [0.1, 0.15) is 45.4 Å². The zero-order valence-corrected chi connectivity index (χ0v) is 11.1. The van der Waals surface area contributed by atoms with Gasteiger partial charge in [0.05, 0.1) is 0 Å². The van der Waals surface area contributed by atoms with Gasteiger partial charge in [0.1, 0.15) is 0 Å². The minimum Gasteiger partial charge on any atom is -0.352 e. The van der Waals surface area contributed by atoms with Crippen molar-refractivity contribution in [1.82, 2.24) is 5.32 Å². The average Bonchev–Trinajstić information content (AvgIpc) is 2.43. The summed E-state index contributed by atoms with van der Waals surface area (Å²) < 4.78 is 11.0. The monoisotopic (exact) mass is 245 g/mol. The van der Waals surface area contributed by atoms with Crippen LogP contribution in [0.3, 0.4) is 0 Å². The van der Waals surface area contributed by atoms with E-state index in [0.29, 0.717) is 5.75 Å². The molecule has 1 amide bonds. The third-order valence-corrected chi connectivity index (χ3v) is 4.07. The first-order valence-electron chi connectivity index (χ1n) is 6.20. The molecule has 0 aromatic heterocycles. The van der Waals surface area contributed by atoms with Gasteiger partial charge >= 0.3 is 0 Å². The highest BCUT2D eigenvalue weighted by Gasteiger charge is 2.21. The summed E-state index contributed by atoms with van der Waals surface area (Å²) in [6.07, 6.45) is 8.59. The Morgan fingerprint density at radius 2 is 1.88 bits per heavy atom. The lowest BCUT2D eigenvalue weighted by Crippen LogP contribution is -2.39. The Hall–Kier alpha value is -0.380. The summed E-state index contributed by atoms with van der Waals surface area (Å²) in [7, 11) is -0.835. The molecule has 0 heterocycles. The summed E-state index contributed by atoms with van der Waals surface area (Å²) in [6, 6.07) is 0.0292. The third kappa shape index (κ3) is 5.10. The first-order valence-corrected chi connectivity index (χ1v) is 7.92. The van der Waals surface area contributed by atoms with Crippen LogP contribution < -0.4 is 5.32 Å². The summed E-state index contributed by atoms with van der Waals surface area (Å²) in [6.45, 7) is 1.93. The molecule has 1 rings (SSSR count). The highest BCUT2D eigenvalue weighted by Crippen LogP contribution is 2.22. The van der Waals surface area contributed by atoms with E-state index in [-0.39, 0.29) is 17.9 Å². The van der Waals surface area contributed by atoms with E-state index in [1.807, 2.05) is 6.92 Å². The highest BCUT2D eigenvalue weighted by atomic mass is 32.2. The van der Waals surface area contributed by atoms with Gasteiger partial charge in [-0.25, -0.2) is 0 Å². The molecule has 1 fully saturated rings. The van der Waals surface area contributed by atoms with E-state index in [9.17, 15) is 9.00 Å². The van der Waals surface area contributed by atoms with Gasteiger partial charge in [-0.15, -0.1) is 0 Å². The Labute approximate surface area is 101 Å². The van der Waals surface area contributed by atoms with Crippen LogP contribution in [-0.2, 0) is 15.6 Å². The van der Waals surface area contributed by atoms with Crippen LogP contribution >= 0.6 is 0 Å².